The van der Waals surface area contributed by atoms with E-state index in [0.29, 0.717) is 5.13 Å². The lowest BCUT2D eigenvalue weighted by atomic mass is 9.96. The largest absolute Gasteiger partial charge is 0.497 e. The van der Waals surface area contributed by atoms with Crippen molar-refractivity contribution in [2.45, 2.75) is 27.7 Å². The Morgan fingerprint density at radius 3 is 2.48 bits per heavy atom. The first-order valence-electron chi connectivity index (χ1n) is 7.40. The van der Waals surface area contributed by atoms with E-state index in [1.807, 2.05) is 58.0 Å². The van der Waals surface area contributed by atoms with Gasteiger partial charge in [-0.1, -0.05) is 26.8 Å². The van der Waals surface area contributed by atoms with Crippen LogP contribution in [0.4, 0.5) is 5.13 Å². The fourth-order valence-electron chi connectivity index (χ4n) is 1.94. The van der Waals surface area contributed by atoms with Gasteiger partial charge in [-0.2, -0.15) is 0 Å². The number of rotatable bonds is 4. The quantitative estimate of drug-likeness (QED) is 0.829. The summed E-state index contributed by atoms with van der Waals surface area (Å²) >= 11 is 1.47. The molecule has 1 aromatic carbocycles. The first-order valence-corrected chi connectivity index (χ1v) is 8.22. The zero-order valence-corrected chi connectivity index (χ0v) is 15.0. The van der Waals surface area contributed by atoms with Gasteiger partial charge in [-0.05, 0) is 42.7 Å². The van der Waals surface area contributed by atoms with Gasteiger partial charge in [-0.25, -0.2) is 4.98 Å². The molecule has 1 amide bonds. The Bertz CT molecular complexity index is 710. The molecule has 0 atom stereocenters. The second kappa shape index (κ2) is 6.96. The minimum atomic E-state index is -0.157. The molecule has 5 heteroatoms. The number of hydrogen-bond acceptors (Lipinski definition) is 4. The SMILES string of the molecule is COc1ccc(-c2nc(NC(=O)C=CC(C)(C)C)sc2C)cc1. The van der Waals surface area contributed by atoms with E-state index < -0.39 is 0 Å². The van der Waals surface area contributed by atoms with Crippen LogP contribution in [0.3, 0.4) is 0 Å². The number of hydrogen-bond donors (Lipinski definition) is 1. The van der Waals surface area contributed by atoms with Gasteiger partial charge in [0.05, 0.1) is 12.8 Å². The first-order chi connectivity index (χ1) is 10.8. The average molecular weight is 330 g/mol. The number of aryl methyl sites for hydroxylation is 1. The maximum Gasteiger partial charge on any atom is 0.249 e. The Morgan fingerprint density at radius 1 is 1.26 bits per heavy atom. The van der Waals surface area contributed by atoms with Gasteiger partial charge in [0.25, 0.3) is 0 Å². The summed E-state index contributed by atoms with van der Waals surface area (Å²) < 4.78 is 5.17. The molecular weight excluding hydrogens is 308 g/mol. The summed E-state index contributed by atoms with van der Waals surface area (Å²) in [6.45, 7) is 8.14. The van der Waals surface area contributed by atoms with Gasteiger partial charge in [0.1, 0.15) is 5.75 Å². The molecule has 0 fully saturated rings. The molecule has 0 aliphatic heterocycles. The summed E-state index contributed by atoms with van der Waals surface area (Å²) in [6.07, 6.45) is 3.44. The number of aromatic nitrogens is 1. The fraction of sp³-hybridized carbons (Fsp3) is 0.333. The molecule has 2 rings (SSSR count). The predicted octanol–water partition coefficient (Wildman–Crippen LogP) is 4.67. The first kappa shape index (κ1) is 17.2. The van der Waals surface area contributed by atoms with Gasteiger partial charge < -0.3 is 4.74 Å². The summed E-state index contributed by atoms with van der Waals surface area (Å²) in [7, 11) is 1.64. The van der Waals surface area contributed by atoms with Crippen molar-refractivity contribution in [1.82, 2.24) is 4.98 Å². The molecule has 4 nitrogen and oxygen atoms in total. The highest BCUT2D eigenvalue weighted by molar-refractivity contribution is 7.16. The van der Waals surface area contributed by atoms with Crippen molar-refractivity contribution in [3.8, 4) is 17.0 Å². The van der Waals surface area contributed by atoms with Crippen LogP contribution in [0.5, 0.6) is 5.75 Å². The van der Waals surface area contributed by atoms with Crippen molar-refractivity contribution >= 4 is 22.4 Å². The maximum absolute atomic E-state index is 12.0. The molecular formula is C18H22N2O2S. The van der Waals surface area contributed by atoms with Crippen LogP contribution >= 0.6 is 11.3 Å². The molecule has 122 valence electrons. The molecule has 1 aromatic heterocycles. The van der Waals surface area contributed by atoms with Gasteiger partial charge in [0, 0.05) is 10.4 Å². The molecule has 0 aliphatic rings. The molecule has 2 aromatic rings. The number of amides is 1. The van der Waals surface area contributed by atoms with Gasteiger partial charge in [0.2, 0.25) is 5.91 Å². The van der Waals surface area contributed by atoms with Crippen molar-refractivity contribution in [3.63, 3.8) is 0 Å². The predicted molar refractivity (Wildman–Crippen MR) is 96.1 cm³/mol. The Kier molecular flexibility index (Phi) is 5.21. The molecule has 1 heterocycles. The maximum atomic E-state index is 12.0. The zero-order chi connectivity index (χ0) is 17.0. The van der Waals surface area contributed by atoms with Gasteiger partial charge in [-0.3, -0.25) is 10.1 Å². The zero-order valence-electron chi connectivity index (χ0n) is 14.1. The second-order valence-corrected chi connectivity index (χ2v) is 7.54. The van der Waals surface area contributed by atoms with Gasteiger partial charge in [0.15, 0.2) is 5.13 Å². The number of allylic oxidation sites excluding steroid dienone is 1. The van der Waals surface area contributed by atoms with Crippen LogP contribution < -0.4 is 10.1 Å². The molecule has 1 N–H and O–H groups in total. The van der Waals surface area contributed by atoms with E-state index in [0.717, 1.165) is 21.9 Å². The number of carbonyl (C=O) groups excluding carboxylic acids is 1. The third kappa shape index (κ3) is 4.93. The minimum absolute atomic E-state index is 0.0234. The van der Waals surface area contributed by atoms with Gasteiger partial charge in [-0.15, -0.1) is 11.3 Å². The standard InChI is InChI=1S/C18H22N2O2S/c1-12-16(13-6-8-14(22-5)9-7-13)20-17(23-12)19-15(21)10-11-18(2,3)4/h6-11H,1-5H3,(H,19,20,21). The lowest BCUT2D eigenvalue weighted by molar-refractivity contribution is -0.112. The van der Waals surface area contributed by atoms with E-state index in [4.69, 9.17) is 4.74 Å². The number of nitrogens with zero attached hydrogens (tertiary/aromatic N) is 1. The Hall–Kier alpha value is -2.14. The number of thiazole rings is 1. The average Bonchev–Trinajstić information content (AvgIpc) is 2.85. The summed E-state index contributed by atoms with van der Waals surface area (Å²) in [5.74, 6) is 0.650. The second-order valence-electron chi connectivity index (χ2n) is 6.34. The monoisotopic (exact) mass is 330 g/mol. The van der Waals surface area contributed by atoms with Crippen molar-refractivity contribution in [1.29, 1.82) is 0 Å². The fourth-order valence-corrected chi connectivity index (χ4v) is 2.78. The highest BCUT2D eigenvalue weighted by Crippen LogP contribution is 2.31. The van der Waals surface area contributed by atoms with Crippen LogP contribution in [0.2, 0.25) is 0 Å². The number of ether oxygens (including phenoxy) is 1. The van der Waals surface area contributed by atoms with E-state index in [2.05, 4.69) is 10.3 Å². The third-order valence-electron chi connectivity index (χ3n) is 3.12. The Labute approximate surface area is 141 Å². The summed E-state index contributed by atoms with van der Waals surface area (Å²) in [6, 6.07) is 7.73. The number of anilines is 1. The number of benzene rings is 1. The Morgan fingerprint density at radius 2 is 1.91 bits per heavy atom. The van der Waals surface area contributed by atoms with Crippen LogP contribution in [0, 0.1) is 12.3 Å². The highest BCUT2D eigenvalue weighted by atomic mass is 32.1. The minimum Gasteiger partial charge on any atom is -0.497 e. The lowest BCUT2D eigenvalue weighted by Gasteiger charge is -2.10. The van der Waals surface area contributed by atoms with E-state index in [1.165, 1.54) is 11.3 Å². The lowest BCUT2D eigenvalue weighted by Crippen LogP contribution is -2.09. The van der Waals surface area contributed by atoms with Crippen LogP contribution in [0.1, 0.15) is 25.6 Å². The van der Waals surface area contributed by atoms with Crippen molar-refractivity contribution < 1.29 is 9.53 Å². The van der Waals surface area contributed by atoms with Crippen molar-refractivity contribution in [3.05, 3.63) is 41.3 Å². The highest BCUT2D eigenvalue weighted by Gasteiger charge is 2.12. The Balaban J connectivity index is 2.14. The number of carbonyl (C=O) groups is 1. The van der Waals surface area contributed by atoms with E-state index in [9.17, 15) is 4.79 Å². The third-order valence-corrected chi connectivity index (χ3v) is 4.01. The van der Waals surface area contributed by atoms with E-state index >= 15 is 0 Å². The smallest absolute Gasteiger partial charge is 0.249 e. The summed E-state index contributed by atoms with van der Waals surface area (Å²) in [5, 5.41) is 3.43. The summed E-state index contributed by atoms with van der Waals surface area (Å²) in [4.78, 5) is 17.5. The summed E-state index contributed by atoms with van der Waals surface area (Å²) in [5.41, 5.74) is 1.86. The topological polar surface area (TPSA) is 51.2 Å². The molecule has 0 radical (unpaired) electrons. The number of nitrogens with one attached hydrogen (secondary N) is 1. The van der Waals surface area contributed by atoms with Crippen molar-refractivity contribution in [2.24, 2.45) is 5.41 Å². The molecule has 0 saturated carbocycles. The van der Waals surface area contributed by atoms with E-state index in [-0.39, 0.29) is 11.3 Å². The molecule has 23 heavy (non-hydrogen) atoms. The molecule has 0 aliphatic carbocycles. The van der Waals surface area contributed by atoms with Crippen LogP contribution in [-0.2, 0) is 4.79 Å². The van der Waals surface area contributed by atoms with Gasteiger partial charge >= 0.3 is 0 Å². The number of methoxy groups -OCH3 is 1. The molecule has 0 bridgehead atoms. The molecule has 0 unspecified atom stereocenters. The molecule has 0 saturated heterocycles. The van der Waals surface area contributed by atoms with Crippen LogP contribution in [-0.4, -0.2) is 18.0 Å². The molecule has 0 spiro atoms. The van der Waals surface area contributed by atoms with E-state index in [1.54, 1.807) is 13.2 Å². The van der Waals surface area contributed by atoms with Crippen molar-refractivity contribution in [2.75, 3.05) is 12.4 Å². The van der Waals surface area contributed by atoms with Crippen LogP contribution in [0.25, 0.3) is 11.3 Å². The normalized spacial score (nSPS) is 11.7. The van der Waals surface area contributed by atoms with Crippen LogP contribution in [0.15, 0.2) is 36.4 Å².